The number of nitro groups is 1. The van der Waals surface area contributed by atoms with Gasteiger partial charge in [0.25, 0.3) is 5.69 Å². The zero-order valence-electron chi connectivity index (χ0n) is 10.6. The van der Waals surface area contributed by atoms with Gasteiger partial charge in [-0.15, -0.1) is 0 Å². The number of nitrogens with two attached hydrogens (primary N) is 1. The second-order valence-electron chi connectivity index (χ2n) is 3.92. The van der Waals surface area contributed by atoms with Crippen molar-refractivity contribution >= 4 is 17.3 Å². The van der Waals surface area contributed by atoms with Crippen LogP contribution in [-0.2, 0) is 4.74 Å². The first-order valence-electron chi connectivity index (χ1n) is 5.62. The fraction of sp³-hybridized carbons (Fsp3) is 0.0769. The number of ether oxygens (including phenoxy) is 1. The molecule has 0 bridgehead atoms. The molecule has 0 spiro atoms. The smallest absolute Gasteiger partial charge is 0.340 e. The lowest BCUT2D eigenvalue weighted by Crippen LogP contribution is -2.08. The van der Waals surface area contributed by atoms with Crippen molar-refractivity contribution in [3.63, 3.8) is 0 Å². The predicted molar refractivity (Wildman–Crippen MR) is 72.1 cm³/mol. The minimum atomic E-state index is -0.733. The Morgan fingerprint density at radius 1 is 1.40 bits per heavy atom. The zero-order valence-corrected chi connectivity index (χ0v) is 10.6. The topological polar surface area (TPSA) is 108 Å². The van der Waals surface area contributed by atoms with Gasteiger partial charge in [-0.25, -0.2) is 4.79 Å². The Morgan fingerprint density at radius 3 is 2.70 bits per heavy atom. The number of anilines is 1. The van der Waals surface area contributed by atoms with E-state index in [0.717, 1.165) is 0 Å². The van der Waals surface area contributed by atoms with Gasteiger partial charge in [0.2, 0.25) is 0 Å². The number of nitrogens with zero attached hydrogens (tertiary/aromatic N) is 2. The Labute approximate surface area is 114 Å². The summed E-state index contributed by atoms with van der Waals surface area (Å²) in [7, 11) is 1.18. The number of carbonyl (C=O) groups excluding carboxylic acids is 1. The minimum absolute atomic E-state index is 0.0534. The van der Waals surface area contributed by atoms with E-state index in [1.54, 1.807) is 24.4 Å². The summed E-state index contributed by atoms with van der Waals surface area (Å²) in [5.41, 5.74) is 5.94. The van der Waals surface area contributed by atoms with Gasteiger partial charge in [0.05, 0.1) is 23.3 Å². The molecule has 0 unspecified atom stereocenters. The van der Waals surface area contributed by atoms with Crippen molar-refractivity contribution in [3.8, 4) is 11.3 Å². The van der Waals surface area contributed by atoms with Crippen LogP contribution in [0, 0.1) is 10.1 Å². The molecule has 2 aromatic rings. The largest absolute Gasteiger partial charge is 0.465 e. The van der Waals surface area contributed by atoms with Crippen molar-refractivity contribution in [2.45, 2.75) is 0 Å². The van der Waals surface area contributed by atoms with E-state index in [-0.39, 0.29) is 16.9 Å². The van der Waals surface area contributed by atoms with Gasteiger partial charge in [-0.2, -0.15) is 0 Å². The average Bonchev–Trinajstić information content (AvgIpc) is 2.47. The van der Waals surface area contributed by atoms with Crippen molar-refractivity contribution in [2.75, 3.05) is 12.8 Å². The van der Waals surface area contributed by atoms with E-state index in [2.05, 4.69) is 9.72 Å². The van der Waals surface area contributed by atoms with Crippen molar-refractivity contribution in [3.05, 3.63) is 52.2 Å². The van der Waals surface area contributed by atoms with Crippen molar-refractivity contribution in [1.82, 2.24) is 4.98 Å². The van der Waals surface area contributed by atoms with Gasteiger partial charge in [-0.1, -0.05) is 6.07 Å². The first kappa shape index (κ1) is 13.5. The third-order valence-electron chi connectivity index (χ3n) is 2.72. The Morgan fingerprint density at radius 2 is 2.15 bits per heavy atom. The Bertz CT molecular complexity index is 671. The number of esters is 1. The quantitative estimate of drug-likeness (QED) is 0.396. The lowest BCUT2D eigenvalue weighted by atomic mass is 10.0. The van der Waals surface area contributed by atoms with Crippen LogP contribution in [0.15, 0.2) is 36.5 Å². The highest BCUT2D eigenvalue weighted by atomic mass is 16.6. The predicted octanol–water partition coefficient (Wildman–Crippen LogP) is 2.03. The van der Waals surface area contributed by atoms with E-state index in [1.165, 1.54) is 19.2 Å². The molecule has 0 aliphatic heterocycles. The number of rotatable bonds is 3. The van der Waals surface area contributed by atoms with Crippen LogP contribution in [0.3, 0.4) is 0 Å². The number of hydrogen-bond donors (Lipinski definition) is 1. The molecule has 20 heavy (non-hydrogen) atoms. The number of nitro benzene ring substituents is 1. The second kappa shape index (κ2) is 5.35. The van der Waals surface area contributed by atoms with Crippen LogP contribution in [0.1, 0.15) is 10.4 Å². The molecule has 7 nitrogen and oxygen atoms in total. The van der Waals surface area contributed by atoms with Gasteiger partial charge in [0.1, 0.15) is 5.69 Å². The van der Waals surface area contributed by atoms with Crippen LogP contribution in [0.25, 0.3) is 11.3 Å². The lowest BCUT2D eigenvalue weighted by Gasteiger charge is -2.08. The SMILES string of the molecule is COC(=O)c1cc(-c2ccccn2)cc([N+](=O)[O-])c1N. The molecule has 2 rings (SSSR count). The number of nitrogen functional groups attached to an aromatic ring is 1. The number of pyridine rings is 1. The highest BCUT2D eigenvalue weighted by Crippen LogP contribution is 2.31. The summed E-state index contributed by atoms with van der Waals surface area (Å²) in [6.45, 7) is 0. The molecular formula is C13H11N3O4. The van der Waals surface area contributed by atoms with Crippen LogP contribution in [-0.4, -0.2) is 23.0 Å². The van der Waals surface area contributed by atoms with Crippen molar-refractivity contribution in [2.24, 2.45) is 0 Å². The molecule has 0 fully saturated rings. The van der Waals surface area contributed by atoms with Gasteiger partial charge in [-0.05, 0) is 18.2 Å². The standard InChI is InChI=1S/C13H11N3O4/c1-20-13(17)9-6-8(10-4-2-3-5-15-10)7-11(12(9)14)16(18)19/h2-7H,14H2,1H3. The van der Waals surface area contributed by atoms with Crippen LogP contribution >= 0.6 is 0 Å². The zero-order chi connectivity index (χ0) is 14.7. The molecule has 0 saturated carbocycles. The molecule has 7 heteroatoms. The lowest BCUT2D eigenvalue weighted by molar-refractivity contribution is -0.383. The van der Waals surface area contributed by atoms with Gasteiger partial charge in [0.15, 0.2) is 0 Å². The fourth-order valence-electron chi connectivity index (χ4n) is 1.75. The average molecular weight is 273 g/mol. The molecule has 0 radical (unpaired) electrons. The van der Waals surface area contributed by atoms with E-state index in [0.29, 0.717) is 11.3 Å². The molecule has 0 saturated heterocycles. The molecular weight excluding hydrogens is 262 g/mol. The highest BCUT2D eigenvalue weighted by molar-refractivity contribution is 5.99. The minimum Gasteiger partial charge on any atom is -0.465 e. The summed E-state index contributed by atoms with van der Waals surface area (Å²) in [5.74, 6) is -0.733. The molecule has 0 aliphatic carbocycles. The Balaban J connectivity index is 2.68. The van der Waals surface area contributed by atoms with Gasteiger partial charge >= 0.3 is 5.97 Å². The molecule has 1 aromatic heterocycles. The number of aromatic nitrogens is 1. The van der Waals surface area contributed by atoms with E-state index in [1.807, 2.05) is 0 Å². The molecule has 1 heterocycles. The maximum Gasteiger partial charge on any atom is 0.340 e. The van der Waals surface area contributed by atoms with Crippen LogP contribution < -0.4 is 5.73 Å². The van der Waals surface area contributed by atoms with Crippen LogP contribution in [0.5, 0.6) is 0 Å². The Hall–Kier alpha value is -2.96. The van der Waals surface area contributed by atoms with E-state index in [4.69, 9.17) is 5.73 Å². The summed E-state index contributed by atoms with van der Waals surface area (Å²) in [6.07, 6.45) is 1.55. The number of carbonyl (C=O) groups is 1. The second-order valence-corrected chi connectivity index (χ2v) is 3.92. The highest BCUT2D eigenvalue weighted by Gasteiger charge is 2.22. The van der Waals surface area contributed by atoms with Gasteiger partial charge in [-0.3, -0.25) is 15.1 Å². The van der Waals surface area contributed by atoms with Crippen LogP contribution in [0.4, 0.5) is 11.4 Å². The third kappa shape index (κ3) is 2.41. The summed E-state index contributed by atoms with van der Waals surface area (Å²) < 4.78 is 4.58. The number of methoxy groups -OCH3 is 1. The first-order chi connectivity index (χ1) is 9.54. The van der Waals surface area contributed by atoms with Gasteiger partial charge in [0, 0.05) is 17.8 Å². The summed E-state index contributed by atoms with van der Waals surface area (Å²) >= 11 is 0. The molecule has 102 valence electrons. The number of benzene rings is 1. The Kier molecular flexibility index (Phi) is 3.60. The van der Waals surface area contributed by atoms with Crippen molar-refractivity contribution < 1.29 is 14.5 Å². The maximum atomic E-state index is 11.6. The maximum absolute atomic E-state index is 11.6. The summed E-state index contributed by atoms with van der Waals surface area (Å²) in [6, 6.07) is 7.84. The van der Waals surface area contributed by atoms with Gasteiger partial charge < -0.3 is 10.5 Å². The third-order valence-corrected chi connectivity index (χ3v) is 2.72. The molecule has 2 N–H and O–H groups in total. The van der Waals surface area contributed by atoms with E-state index < -0.39 is 10.9 Å². The van der Waals surface area contributed by atoms with E-state index in [9.17, 15) is 14.9 Å². The molecule has 0 aliphatic rings. The summed E-state index contributed by atoms with van der Waals surface area (Å²) in [5, 5.41) is 11.0. The van der Waals surface area contributed by atoms with Crippen LogP contribution in [0.2, 0.25) is 0 Å². The van der Waals surface area contributed by atoms with E-state index >= 15 is 0 Å². The molecule has 1 aromatic carbocycles. The fourth-order valence-corrected chi connectivity index (χ4v) is 1.75. The summed E-state index contributed by atoms with van der Waals surface area (Å²) in [4.78, 5) is 26.1. The first-order valence-corrected chi connectivity index (χ1v) is 5.62. The molecule has 0 atom stereocenters. The van der Waals surface area contributed by atoms with Crippen molar-refractivity contribution in [1.29, 1.82) is 0 Å². The number of hydrogen-bond acceptors (Lipinski definition) is 6. The normalized spacial score (nSPS) is 10.1. The monoisotopic (exact) mass is 273 g/mol. The molecule has 0 amide bonds.